The van der Waals surface area contributed by atoms with Gasteiger partial charge in [0.2, 0.25) is 0 Å². The summed E-state index contributed by atoms with van der Waals surface area (Å²) in [6, 6.07) is 13.5. The predicted octanol–water partition coefficient (Wildman–Crippen LogP) is 4.33. The van der Waals surface area contributed by atoms with E-state index in [0.717, 1.165) is 29.4 Å². The van der Waals surface area contributed by atoms with Crippen molar-refractivity contribution in [3.63, 3.8) is 0 Å². The summed E-state index contributed by atoms with van der Waals surface area (Å²) in [5, 5.41) is 25.0. The number of phenols is 1. The van der Waals surface area contributed by atoms with Gasteiger partial charge in [-0.05, 0) is 76.3 Å². The van der Waals surface area contributed by atoms with E-state index >= 15 is 0 Å². The second-order valence-electron chi connectivity index (χ2n) is 9.78. The van der Waals surface area contributed by atoms with Gasteiger partial charge in [-0.3, -0.25) is 0 Å². The molecule has 0 unspecified atom stereocenters. The van der Waals surface area contributed by atoms with Crippen molar-refractivity contribution in [3.05, 3.63) is 42.5 Å². The number of hydrogen-bond donors (Lipinski definition) is 3. The smallest absolute Gasteiger partial charge is 0.151 e. The summed E-state index contributed by atoms with van der Waals surface area (Å²) in [6.45, 7) is 8.99. The van der Waals surface area contributed by atoms with Crippen LogP contribution < -0.4 is 16.0 Å². The number of nitrogens with two attached hydrogens (primary N) is 1. The number of nitrogens with one attached hydrogen (secondary N) is 1. The Morgan fingerprint density at radius 1 is 1.03 bits per heavy atom. The highest BCUT2D eigenvalue weighted by Crippen LogP contribution is 2.36. The molecule has 6 nitrogen and oxygen atoms in total. The van der Waals surface area contributed by atoms with E-state index in [1.54, 1.807) is 6.07 Å². The third-order valence-electron chi connectivity index (χ3n) is 6.03. The first-order valence-corrected chi connectivity index (χ1v) is 10.4. The molecule has 0 bridgehead atoms. The first-order valence-electron chi connectivity index (χ1n) is 10.4. The van der Waals surface area contributed by atoms with Crippen molar-refractivity contribution in [1.29, 1.82) is 0 Å². The van der Waals surface area contributed by atoms with Crippen molar-refractivity contribution in [1.82, 2.24) is 15.5 Å². The van der Waals surface area contributed by atoms with E-state index in [-0.39, 0.29) is 16.8 Å². The number of aromatic nitrogens is 2. The Kier molecular flexibility index (Phi) is 4.85. The van der Waals surface area contributed by atoms with Crippen LogP contribution in [-0.2, 0) is 0 Å². The molecule has 2 heterocycles. The molecule has 158 valence electrons. The van der Waals surface area contributed by atoms with Crippen molar-refractivity contribution in [2.24, 2.45) is 0 Å². The van der Waals surface area contributed by atoms with Gasteiger partial charge in [0, 0.05) is 40.8 Å². The molecule has 6 heteroatoms. The maximum absolute atomic E-state index is 10.5. The molecule has 0 aliphatic carbocycles. The molecule has 1 aliphatic heterocycles. The minimum Gasteiger partial charge on any atom is -0.507 e. The van der Waals surface area contributed by atoms with Crippen LogP contribution in [0.2, 0.25) is 0 Å². The van der Waals surface area contributed by atoms with E-state index in [4.69, 9.17) is 5.73 Å². The average molecular weight is 406 g/mol. The van der Waals surface area contributed by atoms with Gasteiger partial charge in [-0.15, -0.1) is 10.2 Å². The molecule has 2 aromatic carbocycles. The second kappa shape index (κ2) is 7.13. The Balaban J connectivity index is 1.62. The monoisotopic (exact) mass is 405 g/mol. The summed E-state index contributed by atoms with van der Waals surface area (Å²) >= 11 is 0. The minimum absolute atomic E-state index is 0.0604. The SMILES string of the molecule is CN(c1ccc(-c2cc3c(N)cccc3cc2O)nn1)C1CC(C)(C)NC(C)(C)C1. The summed E-state index contributed by atoms with van der Waals surface area (Å²) in [7, 11) is 2.08. The fourth-order valence-corrected chi connectivity index (χ4v) is 4.93. The number of anilines is 2. The molecular formula is C24H31N5O. The number of benzene rings is 2. The van der Waals surface area contributed by atoms with Crippen LogP contribution in [0.1, 0.15) is 40.5 Å². The first kappa shape index (κ1) is 20.4. The Morgan fingerprint density at radius 3 is 2.37 bits per heavy atom. The fraction of sp³-hybridized carbons (Fsp3) is 0.417. The number of fused-ring (bicyclic) bond motifs is 1. The van der Waals surface area contributed by atoms with Crippen LogP contribution >= 0.6 is 0 Å². The Labute approximate surface area is 178 Å². The normalized spacial score (nSPS) is 18.4. The zero-order chi connectivity index (χ0) is 21.7. The van der Waals surface area contributed by atoms with E-state index in [9.17, 15) is 5.11 Å². The van der Waals surface area contributed by atoms with Gasteiger partial charge in [-0.25, -0.2) is 0 Å². The highest BCUT2D eigenvalue weighted by molar-refractivity contribution is 5.97. The molecular weight excluding hydrogens is 374 g/mol. The van der Waals surface area contributed by atoms with E-state index in [2.05, 4.69) is 55.2 Å². The minimum atomic E-state index is 0.0604. The molecule has 3 aromatic rings. The van der Waals surface area contributed by atoms with Gasteiger partial charge < -0.3 is 21.1 Å². The molecule has 1 fully saturated rings. The number of rotatable bonds is 3. The van der Waals surface area contributed by atoms with Crippen LogP contribution in [0.25, 0.3) is 22.0 Å². The number of hydrogen-bond acceptors (Lipinski definition) is 6. The maximum Gasteiger partial charge on any atom is 0.151 e. The van der Waals surface area contributed by atoms with Crippen LogP contribution in [0.15, 0.2) is 42.5 Å². The largest absolute Gasteiger partial charge is 0.507 e. The molecule has 0 spiro atoms. The highest BCUT2D eigenvalue weighted by Gasteiger charge is 2.39. The van der Waals surface area contributed by atoms with Gasteiger partial charge in [0.05, 0.1) is 5.69 Å². The van der Waals surface area contributed by atoms with Gasteiger partial charge in [0.25, 0.3) is 0 Å². The second-order valence-corrected chi connectivity index (χ2v) is 9.78. The molecule has 0 atom stereocenters. The van der Waals surface area contributed by atoms with Crippen molar-refractivity contribution in [2.75, 3.05) is 17.7 Å². The maximum atomic E-state index is 10.5. The Bertz CT molecular complexity index is 1060. The third kappa shape index (κ3) is 3.92. The van der Waals surface area contributed by atoms with E-state index in [1.165, 1.54) is 0 Å². The van der Waals surface area contributed by atoms with Gasteiger partial charge in [-0.2, -0.15) is 0 Å². The lowest BCUT2D eigenvalue weighted by molar-refractivity contribution is 0.160. The van der Waals surface area contributed by atoms with Crippen LogP contribution in [0.3, 0.4) is 0 Å². The van der Waals surface area contributed by atoms with Crippen molar-refractivity contribution >= 4 is 22.3 Å². The lowest BCUT2D eigenvalue weighted by atomic mass is 9.79. The van der Waals surface area contributed by atoms with E-state index in [0.29, 0.717) is 23.0 Å². The fourth-order valence-electron chi connectivity index (χ4n) is 4.93. The predicted molar refractivity (Wildman–Crippen MR) is 124 cm³/mol. The van der Waals surface area contributed by atoms with Crippen molar-refractivity contribution < 1.29 is 5.11 Å². The van der Waals surface area contributed by atoms with Crippen LogP contribution in [0.5, 0.6) is 5.75 Å². The van der Waals surface area contributed by atoms with Gasteiger partial charge in [-0.1, -0.05) is 12.1 Å². The van der Waals surface area contributed by atoms with Crippen LogP contribution in [0.4, 0.5) is 11.5 Å². The number of nitrogen functional groups attached to an aromatic ring is 1. The zero-order valence-electron chi connectivity index (χ0n) is 18.4. The summed E-state index contributed by atoms with van der Waals surface area (Å²) < 4.78 is 0. The van der Waals surface area contributed by atoms with Gasteiger partial charge in [0.15, 0.2) is 5.82 Å². The van der Waals surface area contributed by atoms with Crippen molar-refractivity contribution in [3.8, 4) is 17.0 Å². The van der Waals surface area contributed by atoms with Crippen LogP contribution in [0, 0.1) is 0 Å². The van der Waals surface area contributed by atoms with E-state index in [1.807, 2.05) is 36.4 Å². The molecule has 30 heavy (non-hydrogen) atoms. The van der Waals surface area contributed by atoms with Crippen molar-refractivity contribution in [2.45, 2.75) is 57.7 Å². The summed E-state index contributed by atoms with van der Waals surface area (Å²) in [4.78, 5) is 2.22. The lowest BCUT2D eigenvalue weighted by Gasteiger charge is -2.49. The number of piperidine rings is 1. The lowest BCUT2D eigenvalue weighted by Crippen LogP contribution is -2.62. The average Bonchev–Trinajstić information content (AvgIpc) is 2.65. The van der Waals surface area contributed by atoms with E-state index < -0.39 is 0 Å². The number of aromatic hydroxyl groups is 1. The summed E-state index contributed by atoms with van der Waals surface area (Å²) in [5.74, 6) is 1.00. The Morgan fingerprint density at radius 2 is 1.73 bits per heavy atom. The molecule has 4 N–H and O–H groups in total. The van der Waals surface area contributed by atoms with Gasteiger partial charge in [0.1, 0.15) is 5.75 Å². The molecule has 1 aliphatic rings. The highest BCUT2D eigenvalue weighted by atomic mass is 16.3. The first-order chi connectivity index (χ1) is 14.0. The summed E-state index contributed by atoms with van der Waals surface area (Å²) in [6.07, 6.45) is 2.06. The standard InChI is InChI=1S/C24H31N5O/c1-23(2)13-16(14-24(3,4)28-23)29(5)22-10-9-20(26-27-22)18-12-17-15(11-21(18)30)7-6-8-19(17)25/h6-12,16,28,30H,13-14,25H2,1-5H3. The zero-order valence-corrected chi connectivity index (χ0v) is 18.4. The topological polar surface area (TPSA) is 87.3 Å². The van der Waals surface area contributed by atoms with Crippen LogP contribution in [-0.4, -0.2) is 39.5 Å². The quantitative estimate of drug-likeness (QED) is 0.562. The molecule has 1 aromatic heterocycles. The molecule has 0 amide bonds. The number of nitrogens with zero attached hydrogens (tertiary/aromatic N) is 3. The molecule has 0 saturated carbocycles. The number of phenolic OH excluding ortho intramolecular Hbond substituents is 1. The molecule has 0 radical (unpaired) electrons. The van der Waals surface area contributed by atoms with Gasteiger partial charge >= 0.3 is 0 Å². The molecule has 1 saturated heterocycles. The third-order valence-corrected chi connectivity index (χ3v) is 6.03. The summed E-state index contributed by atoms with van der Waals surface area (Å²) in [5.41, 5.74) is 8.17. The Hall–Kier alpha value is -2.86. The molecule has 4 rings (SSSR count).